The smallest absolute Gasteiger partial charge is 0.419 e. The summed E-state index contributed by atoms with van der Waals surface area (Å²) in [6.45, 7) is 8.75. The molecule has 22 heavy (non-hydrogen) atoms. The van der Waals surface area contributed by atoms with Crippen LogP contribution in [-0.2, 0) is 9.53 Å². The molecular weight excluding hydrogens is 284 g/mol. The molecule has 0 aliphatic heterocycles. The summed E-state index contributed by atoms with van der Waals surface area (Å²) in [6.07, 6.45) is -0.568. The van der Waals surface area contributed by atoms with E-state index in [2.05, 4.69) is 0 Å². The van der Waals surface area contributed by atoms with Gasteiger partial charge in [0.2, 0.25) is 6.41 Å². The highest BCUT2D eigenvalue weighted by Gasteiger charge is 2.32. The summed E-state index contributed by atoms with van der Waals surface area (Å²) in [5.41, 5.74) is 1.08. The Labute approximate surface area is 130 Å². The summed E-state index contributed by atoms with van der Waals surface area (Å²) in [4.78, 5) is 35.7. The van der Waals surface area contributed by atoms with Crippen LogP contribution in [0.3, 0.4) is 0 Å². The number of hydrogen-bond donors (Lipinski definition) is 1. The zero-order valence-electron chi connectivity index (χ0n) is 13.5. The molecule has 1 N–H and O–H groups in total. The lowest BCUT2D eigenvalue weighted by atomic mass is 10.1. The SMILES string of the molecule is Cc1ccc(C(C)N(C(=O)NC=O)C(=O)OC(C)(C)C)cc1. The molecule has 0 aromatic heterocycles. The van der Waals surface area contributed by atoms with Gasteiger partial charge < -0.3 is 4.74 Å². The fourth-order valence-corrected chi connectivity index (χ4v) is 1.84. The zero-order valence-corrected chi connectivity index (χ0v) is 13.5. The fraction of sp³-hybridized carbons (Fsp3) is 0.438. The van der Waals surface area contributed by atoms with Crippen LogP contribution in [0.5, 0.6) is 0 Å². The first kappa shape index (κ1) is 17.7. The number of amides is 4. The molecule has 1 unspecified atom stereocenters. The molecule has 0 fully saturated rings. The normalized spacial score (nSPS) is 12.2. The molecule has 0 radical (unpaired) electrons. The molecule has 0 aliphatic rings. The lowest BCUT2D eigenvalue weighted by Crippen LogP contribution is -2.46. The van der Waals surface area contributed by atoms with Gasteiger partial charge in [-0.25, -0.2) is 14.5 Å². The number of aryl methyl sites for hydroxylation is 1. The number of imide groups is 2. The van der Waals surface area contributed by atoms with Gasteiger partial charge in [-0.1, -0.05) is 29.8 Å². The summed E-state index contributed by atoms with van der Waals surface area (Å²) < 4.78 is 5.24. The molecule has 1 atom stereocenters. The Bertz CT molecular complexity index is 546. The van der Waals surface area contributed by atoms with Crippen LogP contribution in [0.2, 0.25) is 0 Å². The van der Waals surface area contributed by atoms with Crippen LogP contribution in [0.1, 0.15) is 44.9 Å². The molecule has 6 nitrogen and oxygen atoms in total. The maximum Gasteiger partial charge on any atom is 0.419 e. The van der Waals surface area contributed by atoms with E-state index in [1.54, 1.807) is 27.7 Å². The Morgan fingerprint density at radius 3 is 2.23 bits per heavy atom. The largest absolute Gasteiger partial charge is 0.443 e. The molecule has 1 aromatic rings. The molecule has 0 bridgehead atoms. The summed E-state index contributed by atoms with van der Waals surface area (Å²) in [7, 11) is 0. The average Bonchev–Trinajstić information content (AvgIpc) is 2.37. The van der Waals surface area contributed by atoms with E-state index in [-0.39, 0.29) is 6.41 Å². The summed E-state index contributed by atoms with van der Waals surface area (Å²) >= 11 is 0. The third-order valence-electron chi connectivity index (χ3n) is 2.94. The van der Waals surface area contributed by atoms with E-state index in [9.17, 15) is 14.4 Å². The van der Waals surface area contributed by atoms with E-state index in [0.29, 0.717) is 0 Å². The number of urea groups is 1. The van der Waals surface area contributed by atoms with Gasteiger partial charge in [0.1, 0.15) is 5.60 Å². The van der Waals surface area contributed by atoms with Crippen LogP contribution in [0.25, 0.3) is 0 Å². The van der Waals surface area contributed by atoms with Crippen LogP contribution in [0.4, 0.5) is 9.59 Å². The Balaban J connectivity index is 3.08. The molecule has 0 spiro atoms. The van der Waals surface area contributed by atoms with Gasteiger partial charge in [-0.2, -0.15) is 0 Å². The molecule has 4 amide bonds. The number of nitrogens with one attached hydrogen (secondary N) is 1. The van der Waals surface area contributed by atoms with E-state index in [0.717, 1.165) is 16.0 Å². The van der Waals surface area contributed by atoms with Crippen molar-refractivity contribution >= 4 is 18.5 Å². The number of benzene rings is 1. The molecule has 0 saturated carbocycles. The predicted octanol–water partition coefficient (Wildman–Crippen LogP) is 3.16. The second-order valence-corrected chi connectivity index (χ2v) is 6.00. The Kier molecular flexibility index (Phi) is 5.68. The molecule has 0 saturated heterocycles. The van der Waals surface area contributed by atoms with Gasteiger partial charge in [0, 0.05) is 0 Å². The first-order valence-corrected chi connectivity index (χ1v) is 6.98. The van der Waals surface area contributed by atoms with Crippen molar-refractivity contribution in [1.29, 1.82) is 0 Å². The van der Waals surface area contributed by atoms with Crippen molar-refractivity contribution in [2.24, 2.45) is 0 Å². The summed E-state index contributed by atoms with van der Waals surface area (Å²) in [6, 6.07) is 6.03. The van der Waals surface area contributed by atoms with Crippen molar-refractivity contribution in [3.05, 3.63) is 35.4 Å². The third kappa shape index (κ3) is 4.87. The average molecular weight is 306 g/mol. The monoisotopic (exact) mass is 306 g/mol. The quantitative estimate of drug-likeness (QED) is 0.870. The first-order chi connectivity index (χ1) is 10.2. The van der Waals surface area contributed by atoms with E-state index in [1.807, 2.05) is 36.5 Å². The Morgan fingerprint density at radius 2 is 1.77 bits per heavy atom. The summed E-state index contributed by atoms with van der Waals surface area (Å²) in [5, 5.41) is 1.98. The van der Waals surface area contributed by atoms with Gasteiger partial charge in [-0.05, 0) is 40.2 Å². The van der Waals surface area contributed by atoms with Crippen molar-refractivity contribution < 1.29 is 19.1 Å². The van der Waals surface area contributed by atoms with Crippen LogP contribution in [0.15, 0.2) is 24.3 Å². The van der Waals surface area contributed by atoms with Gasteiger partial charge in [-0.15, -0.1) is 0 Å². The van der Waals surface area contributed by atoms with Crippen LogP contribution < -0.4 is 5.32 Å². The Hall–Kier alpha value is -2.37. The van der Waals surface area contributed by atoms with Crippen LogP contribution >= 0.6 is 0 Å². The van der Waals surface area contributed by atoms with E-state index in [1.165, 1.54) is 0 Å². The van der Waals surface area contributed by atoms with Crippen molar-refractivity contribution in [2.75, 3.05) is 0 Å². The van der Waals surface area contributed by atoms with Gasteiger partial charge in [0.05, 0.1) is 6.04 Å². The highest BCUT2D eigenvalue weighted by atomic mass is 16.6. The number of hydrogen-bond acceptors (Lipinski definition) is 4. The number of rotatable bonds is 3. The lowest BCUT2D eigenvalue weighted by molar-refractivity contribution is -0.108. The maximum absolute atomic E-state index is 12.3. The van der Waals surface area contributed by atoms with Crippen LogP contribution in [-0.4, -0.2) is 29.0 Å². The Morgan fingerprint density at radius 1 is 1.23 bits per heavy atom. The van der Waals surface area contributed by atoms with Crippen molar-refractivity contribution in [3.8, 4) is 0 Å². The maximum atomic E-state index is 12.3. The molecule has 120 valence electrons. The van der Waals surface area contributed by atoms with Gasteiger partial charge in [0.25, 0.3) is 0 Å². The van der Waals surface area contributed by atoms with E-state index >= 15 is 0 Å². The standard InChI is InChI=1S/C16H22N2O4/c1-11-6-8-13(9-7-11)12(2)18(14(20)17-10-19)15(21)22-16(3,4)5/h6-10,12H,1-5H3,(H,17,19,20). The van der Waals surface area contributed by atoms with Gasteiger partial charge in [-0.3, -0.25) is 10.1 Å². The number of carbonyl (C=O) groups excluding carboxylic acids is 3. The van der Waals surface area contributed by atoms with Gasteiger partial charge in [0.15, 0.2) is 0 Å². The predicted molar refractivity (Wildman–Crippen MR) is 82.3 cm³/mol. The van der Waals surface area contributed by atoms with Crippen molar-refractivity contribution in [3.63, 3.8) is 0 Å². The molecule has 1 rings (SSSR count). The third-order valence-corrected chi connectivity index (χ3v) is 2.94. The van der Waals surface area contributed by atoms with E-state index < -0.39 is 23.8 Å². The molecular formula is C16H22N2O4. The number of ether oxygens (including phenoxy) is 1. The molecule has 0 heterocycles. The molecule has 0 aliphatic carbocycles. The summed E-state index contributed by atoms with van der Waals surface area (Å²) in [5.74, 6) is 0. The molecule has 6 heteroatoms. The minimum Gasteiger partial charge on any atom is -0.443 e. The second kappa shape index (κ2) is 7.06. The first-order valence-electron chi connectivity index (χ1n) is 6.98. The number of nitrogens with zero attached hydrogens (tertiary/aromatic N) is 1. The van der Waals surface area contributed by atoms with Crippen molar-refractivity contribution in [2.45, 2.75) is 46.3 Å². The fourth-order valence-electron chi connectivity index (χ4n) is 1.84. The highest BCUT2D eigenvalue weighted by Crippen LogP contribution is 2.23. The van der Waals surface area contributed by atoms with Gasteiger partial charge >= 0.3 is 12.1 Å². The minimum atomic E-state index is -0.822. The van der Waals surface area contributed by atoms with Crippen LogP contribution in [0, 0.1) is 6.92 Å². The lowest BCUT2D eigenvalue weighted by Gasteiger charge is -2.30. The zero-order chi connectivity index (χ0) is 16.9. The molecule has 1 aromatic carbocycles. The highest BCUT2D eigenvalue weighted by molar-refractivity contribution is 5.96. The van der Waals surface area contributed by atoms with Crippen molar-refractivity contribution in [1.82, 2.24) is 10.2 Å². The number of carbonyl (C=O) groups is 3. The second-order valence-electron chi connectivity index (χ2n) is 6.00. The topological polar surface area (TPSA) is 75.7 Å². The minimum absolute atomic E-state index is 0.238. The van der Waals surface area contributed by atoms with E-state index in [4.69, 9.17) is 4.74 Å².